The zero-order valence-electron chi connectivity index (χ0n) is 13.7. The third-order valence-corrected chi connectivity index (χ3v) is 5.57. The Labute approximate surface area is 140 Å². The normalized spacial score (nSPS) is 24.0. The Morgan fingerprint density at radius 2 is 2.17 bits per heavy atom. The highest BCUT2D eigenvalue weighted by Gasteiger charge is 2.34. The summed E-state index contributed by atoms with van der Waals surface area (Å²) in [5.41, 5.74) is 5.07. The number of hydrogen-bond acceptors (Lipinski definition) is 4. The van der Waals surface area contributed by atoms with E-state index in [-0.39, 0.29) is 5.56 Å². The highest BCUT2D eigenvalue weighted by atomic mass is 32.1. The van der Waals surface area contributed by atoms with Gasteiger partial charge in [-0.3, -0.25) is 4.79 Å². The maximum absolute atomic E-state index is 12.6. The van der Waals surface area contributed by atoms with Crippen LogP contribution in [0.15, 0.2) is 27.8 Å². The van der Waals surface area contributed by atoms with Gasteiger partial charge in [0.05, 0.1) is 11.2 Å². The second-order valence-electron chi connectivity index (χ2n) is 7.40. The molecule has 0 saturated carbocycles. The van der Waals surface area contributed by atoms with E-state index in [1.54, 1.807) is 17.4 Å². The van der Waals surface area contributed by atoms with E-state index in [2.05, 4.69) is 29.8 Å². The third-order valence-electron chi connectivity index (χ3n) is 4.98. The van der Waals surface area contributed by atoms with Crippen LogP contribution in [0.3, 0.4) is 0 Å². The van der Waals surface area contributed by atoms with Crippen molar-refractivity contribution in [3.63, 3.8) is 0 Å². The zero-order chi connectivity index (χ0) is 16.0. The van der Waals surface area contributed by atoms with Crippen molar-refractivity contribution < 1.29 is 0 Å². The molecule has 0 radical (unpaired) electrons. The number of hydrogen-bond donors (Lipinski definition) is 0. The van der Waals surface area contributed by atoms with Gasteiger partial charge in [0.2, 0.25) is 0 Å². The molecule has 4 nitrogen and oxygen atoms in total. The minimum atomic E-state index is 0.137. The number of likely N-dealkylation sites (tertiary alicyclic amines) is 1. The average Bonchev–Trinajstić information content (AvgIpc) is 3.01. The third kappa shape index (κ3) is 2.88. The summed E-state index contributed by atoms with van der Waals surface area (Å²) in [5, 5.41) is 2.02. The summed E-state index contributed by atoms with van der Waals surface area (Å²) in [6.45, 7) is 8.80. The molecule has 2 atom stereocenters. The van der Waals surface area contributed by atoms with Gasteiger partial charge >= 0.3 is 0 Å². The fraction of sp³-hybridized carbons (Fsp3) is 0.556. The zero-order valence-corrected chi connectivity index (χ0v) is 14.6. The summed E-state index contributed by atoms with van der Waals surface area (Å²) in [6, 6.07) is 3.96. The van der Waals surface area contributed by atoms with Crippen molar-refractivity contribution in [2.24, 2.45) is 11.8 Å². The number of pyridine rings is 1. The molecule has 0 N–H and O–H groups in total. The van der Waals surface area contributed by atoms with Gasteiger partial charge < -0.3 is 9.47 Å². The minimum absolute atomic E-state index is 0.137. The number of rotatable bonds is 3. The van der Waals surface area contributed by atoms with Crippen LogP contribution >= 0.6 is 11.3 Å². The lowest BCUT2D eigenvalue weighted by atomic mass is 9.82. The first-order valence-electron chi connectivity index (χ1n) is 8.46. The van der Waals surface area contributed by atoms with Crippen LogP contribution in [0.4, 0.5) is 0 Å². The predicted octanol–water partition coefficient (Wildman–Crippen LogP) is 3.05. The summed E-state index contributed by atoms with van der Waals surface area (Å²) in [6.07, 6.45) is 1.22. The van der Waals surface area contributed by atoms with E-state index in [1.165, 1.54) is 12.1 Å². The van der Waals surface area contributed by atoms with E-state index in [0.29, 0.717) is 17.8 Å². The van der Waals surface area contributed by atoms with Gasteiger partial charge in [-0.2, -0.15) is 0 Å². The Kier molecular flexibility index (Phi) is 3.85. The average molecular weight is 329 g/mol. The number of thiazole rings is 1. The summed E-state index contributed by atoms with van der Waals surface area (Å²) < 4.78 is 2.02. The lowest BCUT2D eigenvalue weighted by Gasteiger charge is -2.43. The summed E-state index contributed by atoms with van der Waals surface area (Å²) >= 11 is 1.57. The van der Waals surface area contributed by atoms with E-state index in [1.807, 2.05) is 15.5 Å². The Morgan fingerprint density at radius 1 is 1.30 bits per heavy atom. The standard InChI is InChI=1S/C18H23N3OS/c1-12(2)6-20-7-13-3-15(9-20)17-4-14(16-10-23-11-19-16)5-18(22)21(17)8-13/h4-5,10-13,15H,3,6-9H2,1-2H3/t13-,15+/m0/s1. The van der Waals surface area contributed by atoms with Crippen molar-refractivity contribution in [2.45, 2.75) is 32.7 Å². The molecule has 2 aromatic rings. The van der Waals surface area contributed by atoms with Gasteiger partial charge in [-0.25, -0.2) is 4.98 Å². The van der Waals surface area contributed by atoms with Crippen molar-refractivity contribution in [3.8, 4) is 11.3 Å². The van der Waals surface area contributed by atoms with Crippen molar-refractivity contribution in [1.82, 2.24) is 14.5 Å². The number of piperidine rings is 1. The second-order valence-corrected chi connectivity index (χ2v) is 8.12. The van der Waals surface area contributed by atoms with Gasteiger partial charge in [0.15, 0.2) is 0 Å². The molecule has 23 heavy (non-hydrogen) atoms. The molecule has 1 saturated heterocycles. The molecular weight excluding hydrogens is 306 g/mol. The Hall–Kier alpha value is -1.46. The topological polar surface area (TPSA) is 38.1 Å². The molecule has 1 fully saturated rings. The SMILES string of the molecule is CC(C)CN1C[C@@H]2C[C@H](C1)c1cc(-c3cscn3)cc(=O)n1C2. The fourth-order valence-corrected chi connectivity index (χ4v) is 4.79. The smallest absolute Gasteiger partial charge is 0.251 e. The Balaban J connectivity index is 1.71. The molecule has 0 aromatic carbocycles. The lowest BCUT2D eigenvalue weighted by Crippen LogP contribution is -2.48. The minimum Gasteiger partial charge on any atom is -0.312 e. The number of fused-ring (bicyclic) bond motifs is 4. The van der Waals surface area contributed by atoms with Gasteiger partial charge in [-0.05, 0) is 24.3 Å². The molecule has 0 aliphatic carbocycles. The van der Waals surface area contributed by atoms with Crippen molar-refractivity contribution in [3.05, 3.63) is 39.1 Å². The number of aromatic nitrogens is 2. The predicted molar refractivity (Wildman–Crippen MR) is 93.9 cm³/mol. The molecular formula is C18H23N3OS. The first-order chi connectivity index (χ1) is 11.1. The molecule has 4 heterocycles. The van der Waals surface area contributed by atoms with Crippen molar-refractivity contribution in [2.75, 3.05) is 19.6 Å². The molecule has 0 spiro atoms. The van der Waals surface area contributed by atoms with E-state index in [4.69, 9.17) is 0 Å². The molecule has 5 heteroatoms. The van der Waals surface area contributed by atoms with E-state index >= 15 is 0 Å². The fourth-order valence-electron chi connectivity index (χ4n) is 4.23. The van der Waals surface area contributed by atoms with Crippen LogP contribution in [0.5, 0.6) is 0 Å². The molecule has 2 aliphatic rings. The second kappa shape index (κ2) is 5.87. The van der Waals surface area contributed by atoms with Crippen LogP contribution in [-0.2, 0) is 6.54 Å². The van der Waals surface area contributed by atoms with Crippen LogP contribution in [0.2, 0.25) is 0 Å². The van der Waals surface area contributed by atoms with Crippen molar-refractivity contribution in [1.29, 1.82) is 0 Å². The lowest BCUT2D eigenvalue weighted by molar-refractivity contribution is 0.109. The molecule has 4 rings (SSSR count). The van der Waals surface area contributed by atoms with Gasteiger partial charge in [-0.1, -0.05) is 13.8 Å². The molecule has 0 amide bonds. The molecule has 2 aromatic heterocycles. The Bertz CT molecular complexity index is 750. The van der Waals surface area contributed by atoms with Crippen LogP contribution in [-0.4, -0.2) is 34.1 Å². The van der Waals surface area contributed by atoms with E-state index in [9.17, 15) is 4.79 Å². The van der Waals surface area contributed by atoms with Crippen LogP contribution < -0.4 is 5.56 Å². The first kappa shape index (κ1) is 15.1. The van der Waals surface area contributed by atoms with E-state index < -0.39 is 0 Å². The summed E-state index contributed by atoms with van der Waals surface area (Å²) in [5.74, 6) is 1.78. The van der Waals surface area contributed by atoms with Gasteiger partial charge in [0.1, 0.15) is 0 Å². The highest BCUT2D eigenvalue weighted by molar-refractivity contribution is 7.07. The summed E-state index contributed by atoms with van der Waals surface area (Å²) in [4.78, 5) is 19.6. The van der Waals surface area contributed by atoms with Crippen molar-refractivity contribution >= 4 is 11.3 Å². The molecule has 122 valence electrons. The number of nitrogens with zero attached hydrogens (tertiary/aromatic N) is 3. The van der Waals surface area contributed by atoms with Gasteiger partial charge in [0, 0.05) is 54.8 Å². The van der Waals surface area contributed by atoms with Crippen LogP contribution in [0.25, 0.3) is 11.3 Å². The van der Waals surface area contributed by atoms with Gasteiger partial charge in [-0.15, -0.1) is 11.3 Å². The quantitative estimate of drug-likeness (QED) is 0.869. The highest BCUT2D eigenvalue weighted by Crippen LogP contribution is 2.36. The maximum atomic E-state index is 12.6. The molecule has 2 aliphatic heterocycles. The largest absolute Gasteiger partial charge is 0.312 e. The first-order valence-corrected chi connectivity index (χ1v) is 9.40. The summed E-state index contributed by atoms with van der Waals surface area (Å²) in [7, 11) is 0. The van der Waals surface area contributed by atoms with E-state index in [0.717, 1.165) is 37.4 Å². The monoisotopic (exact) mass is 329 g/mol. The molecule has 0 unspecified atom stereocenters. The Morgan fingerprint density at radius 3 is 2.91 bits per heavy atom. The maximum Gasteiger partial charge on any atom is 0.251 e. The van der Waals surface area contributed by atoms with Crippen LogP contribution in [0.1, 0.15) is 31.9 Å². The van der Waals surface area contributed by atoms with Crippen LogP contribution in [0, 0.1) is 11.8 Å². The van der Waals surface area contributed by atoms with Gasteiger partial charge in [0.25, 0.3) is 5.56 Å². The molecule has 2 bridgehead atoms.